The molecule has 4 aromatic rings. The van der Waals surface area contributed by atoms with Crippen molar-refractivity contribution in [3.63, 3.8) is 0 Å². The lowest BCUT2D eigenvalue weighted by Gasteiger charge is -2.17. The number of thioether (sulfide) groups is 1. The van der Waals surface area contributed by atoms with E-state index in [0.717, 1.165) is 34.0 Å². The zero-order valence-electron chi connectivity index (χ0n) is 18.1. The smallest absolute Gasteiger partial charge is 0.242 e. The number of ether oxygens (including phenoxy) is 1. The molecule has 0 saturated heterocycles. The van der Waals surface area contributed by atoms with E-state index < -0.39 is 5.25 Å². The van der Waals surface area contributed by atoms with Gasteiger partial charge in [0.15, 0.2) is 11.0 Å². The number of anilines is 1. The number of amides is 1. The Morgan fingerprint density at radius 1 is 0.969 bits per heavy atom. The molecule has 0 aliphatic carbocycles. The van der Waals surface area contributed by atoms with Crippen LogP contribution in [0.1, 0.15) is 16.4 Å². The normalized spacial score (nSPS) is 11.7. The largest absolute Gasteiger partial charge is 0.497 e. The predicted molar refractivity (Wildman–Crippen MR) is 128 cm³/mol. The van der Waals surface area contributed by atoms with Gasteiger partial charge in [-0.1, -0.05) is 59.8 Å². The molecule has 0 bridgehead atoms. The Kier molecular flexibility index (Phi) is 6.56. The number of hydrogen-bond donors (Lipinski definition) is 1. The maximum atomic E-state index is 13.3. The molecule has 1 heterocycles. The third-order valence-corrected chi connectivity index (χ3v) is 6.35. The van der Waals surface area contributed by atoms with Gasteiger partial charge in [0.2, 0.25) is 5.91 Å². The summed E-state index contributed by atoms with van der Waals surface area (Å²) in [7, 11) is 3.54. The van der Waals surface area contributed by atoms with Gasteiger partial charge in [0.1, 0.15) is 11.0 Å². The molecule has 1 atom stereocenters. The van der Waals surface area contributed by atoms with Gasteiger partial charge in [0.25, 0.3) is 0 Å². The molecule has 3 aromatic carbocycles. The van der Waals surface area contributed by atoms with Crippen molar-refractivity contribution in [2.75, 3.05) is 12.4 Å². The molecular formula is C25H24N4O2S. The second-order valence-corrected chi connectivity index (χ2v) is 8.43. The Hall–Kier alpha value is -3.58. The van der Waals surface area contributed by atoms with Crippen molar-refractivity contribution in [2.45, 2.75) is 17.3 Å². The zero-order chi connectivity index (χ0) is 22.5. The SMILES string of the molecule is COc1ccc(-c2nnc(SC(C(=O)Nc3ccc(C)cc3)c3ccccc3)n2C)cc1. The molecule has 0 fully saturated rings. The molecule has 0 aliphatic rings. The molecule has 0 radical (unpaired) electrons. The highest BCUT2D eigenvalue weighted by molar-refractivity contribution is 8.00. The van der Waals surface area contributed by atoms with Gasteiger partial charge in [-0.2, -0.15) is 0 Å². The first-order valence-corrected chi connectivity index (χ1v) is 11.1. The maximum absolute atomic E-state index is 13.3. The molecule has 0 aliphatic heterocycles. The number of benzene rings is 3. The van der Waals surface area contributed by atoms with Crippen molar-refractivity contribution in [2.24, 2.45) is 7.05 Å². The fourth-order valence-electron chi connectivity index (χ4n) is 3.26. The molecule has 1 N–H and O–H groups in total. The van der Waals surface area contributed by atoms with Gasteiger partial charge < -0.3 is 14.6 Å². The van der Waals surface area contributed by atoms with E-state index in [1.165, 1.54) is 11.8 Å². The Bertz CT molecular complexity index is 1190. The highest BCUT2D eigenvalue weighted by Gasteiger charge is 2.25. The van der Waals surface area contributed by atoms with Crippen molar-refractivity contribution in [3.8, 4) is 17.1 Å². The Morgan fingerprint density at radius 2 is 1.66 bits per heavy atom. The predicted octanol–water partition coefficient (Wildman–Crippen LogP) is 5.27. The first kappa shape index (κ1) is 21.6. The Balaban J connectivity index is 1.60. The van der Waals surface area contributed by atoms with Crippen LogP contribution in [0.4, 0.5) is 5.69 Å². The monoisotopic (exact) mass is 444 g/mol. The minimum absolute atomic E-state index is 0.112. The maximum Gasteiger partial charge on any atom is 0.242 e. The average molecular weight is 445 g/mol. The number of methoxy groups -OCH3 is 1. The van der Waals surface area contributed by atoms with E-state index in [-0.39, 0.29) is 5.91 Å². The van der Waals surface area contributed by atoms with E-state index in [1.54, 1.807) is 7.11 Å². The van der Waals surface area contributed by atoms with Crippen LogP contribution in [0, 0.1) is 6.92 Å². The highest BCUT2D eigenvalue weighted by Crippen LogP contribution is 2.36. The van der Waals surface area contributed by atoms with Crippen LogP contribution in [0.5, 0.6) is 5.75 Å². The first-order chi connectivity index (χ1) is 15.5. The number of aryl methyl sites for hydroxylation is 1. The molecule has 162 valence electrons. The van der Waals surface area contributed by atoms with Crippen LogP contribution in [0.25, 0.3) is 11.4 Å². The lowest BCUT2D eigenvalue weighted by Crippen LogP contribution is -2.19. The Labute approximate surface area is 191 Å². The zero-order valence-corrected chi connectivity index (χ0v) is 19.0. The standard InChI is InChI=1S/C25H24N4O2S/c1-17-9-13-20(14-10-17)26-24(30)22(18-7-5-4-6-8-18)32-25-28-27-23(29(25)2)19-11-15-21(31-3)16-12-19/h4-16,22H,1-3H3,(H,26,30). The summed E-state index contributed by atoms with van der Waals surface area (Å²) in [5.41, 5.74) is 3.73. The molecule has 6 nitrogen and oxygen atoms in total. The summed E-state index contributed by atoms with van der Waals surface area (Å²) in [4.78, 5) is 13.3. The number of rotatable bonds is 7. The highest BCUT2D eigenvalue weighted by atomic mass is 32.2. The lowest BCUT2D eigenvalue weighted by molar-refractivity contribution is -0.115. The van der Waals surface area contributed by atoms with Crippen molar-refractivity contribution < 1.29 is 9.53 Å². The van der Waals surface area contributed by atoms with Crippen molar-refractivity contribution in [1.82, 2.24) is 14.8 Å². The molecule has 0 spiro atoms. The van der Waals surface area contributed by atoms with Crippen molar-refractivity contribution >= 4 is 23.4 Å². The number of carbonyl (C=O) groups excluding carboxylic acids is 1. The van der Waals surface area contributed by atoms with Crippen LogP contribution in [0.15, 0.2) is 84.0 Å². The molecule has 1 amide bonds. The topological polar surface area (TPSA) is 69.0 Å². The summed E-state index contributed by atoms with van der Waals surface area (Å²) >= 11 is 1.37. The van der Waals surface area contributed by atoms with E-state index >= 15 is 0 Å². The van der Waals surface area contributed by atoms with Gasteiger partial charge in [-0.15, -0.1) is 10.2 Å². The lowest BCUT2D eigenvalue weighted by atomic mass is 10.1. The average Bonchev–Trinajstić information content (AvgIpc) is 3.19. The molecular weight excluding hydrogens is 420 g/mol. The fourth-order valence-corrected chi connectivity index (χ4v) is 4.26. The summed E-state index contributed by atoms with van der Waals surface area (Å²) in [6.45, 7) is 2.02. The van der Waals surface area contributed by atoms with Crippen LogP contribution < -0.4 is 10.1 Å². The number of carbonyl (C=O) groups is 1. The number of hydrogen-bond acceptors (Lipinski definition) is 5. The van der Waals surface area contributed by atoms with Gasteiger partial charge >= 0.3 is 0 Å². The van der Waals surface area contributed by atoms with E-state index in [0.29, 0.717) is 5.16 Å². The van der Waals surface area contributed by atoms with Crippen LogP contribution in [0.2, 0.25) is 0 Å². The quantitative estimate of drug-likeness (QED) is 0.393. The van der Waals surface area contributed by atoms with Gasteiger partial charge in [0.05, 0.1) is 7.11 Å². The molecule has 0 saturated carbocycles. The third kappa shape index (κ3) is 4.84. The van der Waals surface area contributed by atoms with Gasteiger partial charge in [-0.25, -0.2) is 0 Å². The van der Waals surface area contributed by atoms with Crippen molar-refractivity contribution in [3.05, 3.63) is 90.0 Å². The van der Waals surface area contributed by atoms with E-state index in [2.05, 4.69) is 15.5 Å². The Morgan fingerprint density at radius 3 is 2.31 bits per heavy atom. The molecule has 4 rings (SSSR count). The second kappa shape index (κ2) is 9.70. The summed E-state index contributed by atoms with van der Waals surface area (Å²) in [6, 6.07) is 25.1. The number of nitrogens with one attached hydrogen (secondary N) is 1. The third-order valence-electron chi connectivity index (χ3n) is 5.07. The molecule has 7 heteroatoms. The van der Waals surface area contributed by atoms with E-state index in [4.69, 9.17) is 4.74 Å². The minimum atomic E-state index is -0.482. The van der Waals surface area contributed by atoms with Gasteiger partial charge in [-0.05, 0) is 48.9 Å². The van der Waals surface area contributed by atoms with Crippen LogP contribution in [-0.4, -0.2) is 27.8 Å². The van der Waals surface area contributed by atoms with Crippen molar-refractivity contribution in [1.29, 1.82) is 0 Å². The summed E-state index contributed by atoms with van der Waals surface area (Å²) in [5, 5.41) is 11.9. The minimum Gasteiger partial charge on any atom is -0.497 e. The second-order valence-electron chi connectivity index (χ2n) is 7.36. The molecule has 1 aromatic heterocycles. The van der Waals surface area contributed by atoms with E-state index in [1.807, 2.05) is 97.4 Å². The van der Waals surface area contributed by atoms with E-state index in [9.17, 15) is 4.79 Å². The van der Waals surface area contributed by atoms with Crippen LogP contribution in [0.3, 0.4) is 0 Å². The summed E-state index contributed by atoms with van der Waals surface area (Å²) < 4.78 is 7.14. The summed E-state index contributed by atoms with van der Waals surface area (Å²) in [5.74, 6) is 1.39. The molecule has 1 unspecified atom stereocenters. The van der Waals surface area contributed by atoms with Crippen LogP contribution >= 0.6 is 11.8 Å². The number of aromatic nitrogens is 3. The van der Waals surface area contributed by atoms with Crippen LogP contribution in [-0.2, 0) is 11.8 Å². The van der Waals surface area contributed by atoms with Gasteiger partial charge in [-0.3, -0.25) is 4.79 Å². The fraction of sp³-hybridized carbons (Fsp3) is 0.160. The van der Waals surface area contributed by atoms with Gasteiger partial charge in [0, 0.05) is 18.3 Å². The summed E-state index contributed by atoms with van der Waals surface area (Å²) in [6.07, 6.45) is 0. The first-order valence-electron chi connectivity index (χ1n) is 10.2. The molecule has 32 heavy (non-hydrogen) atoms. The number of nitrogens with zero attached hydrogens (tertiary/aromatic N) is 3.